The Balaban J connectivity index is 2.67. The van der Waals surface area contributed by atoms with Crippen molar-refractivity contribution in [1.82, 2.24) is 4.98 Å². The lowest BCUT2D eigenvalue weighted by atomic mass is 10.3. The third-order valence-corrected chi connectivity index (χ3v) is 1.61. The van der Waals surface area contributed by atoms with Gasteiger partial charge in [-0.3, -0.25) is 0 Å². The summed E-state index contributed by atoms with van der Waals surface area (Å²) in [6.07, 6.45) is -0.126. The van der Waals surface area contributed by atoms with Gasteiger partial charge in [0.05, 0.1) is 5.56 Å². The number of pyridine rings is 1. The molecule has 0 saturated heterocycles. The molecule has 0 atom stereocenters. The molecule has 6 heteroatoms. The first-order valence-electron chi connectivity index (χ1n) is 4.15. The summed E-state index contributed by atoms with van der Waals surface area (Å²) >= 11 is 0. The monoisotopic (exact) mass is 217 g/mol. The molecule has 4 nitrogen and oxygen atoms in total. The molecule has 0 bridgehead atoms. The summed E-state index contributed by atoms with van der Waals surface area (Å²) in [5, 5.41) is 8.55. The second-order valence-corrected chi connectivity index (χ2v) is 2.74. The summed E-state index contributed by atoms with van der Waals surface area (Å²) < 4.78 is 28.9. The van der Waals surface area contributed by atoms with Gasteiger partial charge in [0.15, 0.2) is 6.10 Å². The van der Waals surface area contributed by atoms with Gasteiger partial charge in [-0.15, -0.1) is 0 Å². The number of aromatic carboxylic acids is 1. The maximum absolute atomic E-state index is 12.1. The summed E-state index contributed by atoms with van der Waals surface area (Å²) in [7, 11) is 0. The quantitative estimate of drug-likeness (QED) is 0.811. The van der Waals surface area contributed by atoms with Crippen molar-refractivity contribution >= 4 is 5.97 Å². The minimum absolute atomic E-state index is 0.000278. The Morgan fingerprint density at radius 3 is 2.53 bits per heavy atom. The molecule has 0 fully saturated rings. The Bertz CT molecular complexity index is 325. The number of carboxylic acids is 1. The molecular formula is C9H9F2NO3. The van der Waals surface area contributed by atoms with E-state index in [2.05, 4.69) is 4.98 Å². The predicted octanol–water partition coefficient (Wildman–Crippen LogP) is 1.47. The first-order valence-corrected chi connectivity index (χ1v) is 4.15. The Morgan fingerprint density at radius 2 is 2.13 bits per heavy atom. The number of carboxylic acid groups (broad SMARTS) is 1. The van der Waals surface area contributed by atoms with Crippen molar-refractivity contribution in [3.63, 3.8) is 0 Å². The molecule has 1 aromatic rings. The first-order chi connectivity index (χ1) is 7.17. The molecule has 1 aromatic heterocycles. The van der Waals surface area contributed by atoms with Crippen molar-refractivity contribution in [1.29, 1.82) is 0 Å². The zero-order valence-corrected chi connectivity index (χ0v) is 7.69. The van der Waals surface area contributed by atoms with E-state index in [-0.39, 0.29) is 11.4 Å². The van der Waals surface area contributed by atoms with Crippen LogP contribution in [0.2, 0.25) is 0 Å². The van der Waals surface area contributed by atoms with Crippen LogP contribution < -0.4 is 4.74 Å². The fourth-order valence-electron chi connectivity index (χ4n) is 0.852. The van der Waals surface area contributed by atoms with Crippen LogP contribution >= 0.6 is 0 Å². The van der Waals surface area contributed by atoms with Gasteiger partial charge in [-0.2, -0.15) is 0 Å². The summed E-state index contributed by atoms with van der Waals surface area (Å²) in [6, 6.07) is 2.50. The molecule has 0 spiro atoms. The van der Waals surface area contributed by atoms with E-state index in [9.17, 15) is 13.6 Å². The molecule has 0 aromatic carbocycles. The van der Waals surface area contributed by atoms with Gasteiger partial charge in [0.1, 0.15) is 13.3 Å². The Hall–Kier alpha value is -1.72. The maximum Gasteiger partial charge on any atom is 0.337 e. The minimum atomic E-state index is -1.19. The van der Waals surface area contributed by atoms with Crippen molar-refractivity contribution in [2.45, 2.75) is 6.10 Å². The van der Waals surface area contributed by atoms with E-state index in [1.165, 1.54) is 12.1 Å². The molecule has 15 heavy (non-hydrogen) atoms. The lowest BCUT2D eigenvalue weighted by molar-refractivity contribution is 0.0696. The topological polar surface area (TPSA) is 59.4 Å². The maximum atomic E-state index is 12.1. The fourth-order valence-corrected chi connectivity index (χ4v) is 0.852. The molecule has 1 N–H and O–H groups in total. The van der Waals surface area contributed by atoms with Gasteiger partial charge >= 0.3 is 5.97 Å². The van der Waals surface area contributed by atoms with Crippen molar-refractivity contribution in [3.8, 4) is 5.88 Å². The van der Waals surface area contributed by atoms with Crippen molar-refractivity contribution in [2.75, 3.05) is 13.3 Å². The Morgan fingerprint density at radius 1 is 1.47 bits per heavy atom. The second kappa shape index (κ2) is 5.23. The molecule has 0 aliphatic heterocycles. The largest absolute Gasteiger partial charge is 0.478 e. The minimum Gasteiger partial charge on any atom is -0.478 e. The predicted molar refractivity (Wildman–Crippen MR) is 47.6 cm³/mol. The highest BCUT2D eigenvalue weighted by Gasteiger charge is 2.11. The number of carbonyl (C=O) groups is 1. The molecule has 1 heterocycles. The summed E-state index contributed by atoms with van der Waals surface area (Å²) in [5.74, 6) is -1.12. The van der Waals surface area contributed by atoms with Crippen LogP contribution in [0.3, 0.4) is 0 Å². The summed E-state index contributed by atoms with van der Waals surface area (Å²) in [5.41, 5.74) is -0.0144. The van der Waals surface area contributed by atoms with E-state index in [1.54, 1.807) is 0 Å². The van der Waals surface area contributed by atoms with Crippen LogP contribution in [-0.2, 0) is 0 Å². The zero-order valence-electron chi connectivity index (χ0n) is 7.69. The highest BCUT2D eigenvalue weighted by atomic mass is 19.1. The van der Waals surface area contributed by atoms with Crippen molar-refractivity contribution in [2.24, 2.45) is 0 Å². The van der Waals surface area contributed by atoms with E-state index in [4.69, 9.17) is 9.84 Å². The summed E-state index contributed by atoms with van der Waals surface area (Å²) in [4.78, 5) is 14.0. The number of halogens is 2. The van der Waals surface area contributed by atoms with E-state index in [0.29, 0.717) is 0 Å². The molecule has 0 amide bonds. The van der Waals surface area contributed by atoms with Crippen LogP contribution in [0.15, 0.2) is 18.3 Å². The number of rotatable bonds is 5. The lowest BCUT2D eigenvalue weighted by Crippen LogP contribution is -2.21. The van der Waals surface area contributed by atoms with Crippen LogP contribution in [0.5, 0.6) is 5.88 Å². The van der Waals surface area contributed by atoms with Gasteiger partial charge in [-0.1, -0.05) is 0 Å². The standard InChI is InChI=1S/C9H9F2NO3/c10-3-7(4-11)15-8-2-1-6(5-12-8)9(13)14/h1-2,5,7H,3-4H2,(H,13,14). The first kappa shape index (κ1) is 11.4. The lowest BCUT2D eigenvalue weighted by Gasteiger charge is -2.10. The number of aromatic nitrogens is 1. The molecule has 0 unspecified atom stereocenters. The Labute approximate surface area is 84.5 Å². The molecule has 0 aliphatic carbocycles. The molecule has 0 aliphatic rings. The van der Waals surface area contributed by atoms with Gasteiger partial charge in [-0.25, -0.2) is 18.6 Å². The average molecular weight is 217 g/mol. The van der Waals surface area contributed by atoms with Crippen LogP contribution in [0.1, 0.15) is 10.4 Å². The van der Waals surface area contributed by atoms with E-state index in [1.807, 2.05) is 0 Å². The molecular weight excluding hydrogens is 208 g/mol. The normalized spacial score (nSPS) is 10.3. The van der Waals surface area contributed by atoms with Gasteiger partial charge in [0.2, 0.25) is 5.88 Å². The zero-order chi connectivity index (χ0) is 11.3. The van der Waals surface area contributed by atoms with E-state index in [0.717, 1.165) is 6.20 Å². The molecule has 0 saturated carbocycles. The van der Waals surface area contributed by atoms with Gasteiger partial charge in [0, 0.05) is 12.3 Å². The number of hydrogen-bond acceptors (Lipinski definition) is 3. The smallest absolute Gasteiger partial charge is 0.337 e. The van der Waals surface area contributed by atoms with Crippen LogP contribution in [0.4, 0.5) is 8.78 Å². The Kier molecular flexibility index (Phi) is 3.96. The number of hydrogen-bond donors (Lipinski definition) is 1. The van der Waals surface area contributed by atoms with Crippen LogP contribution in [0, 0.1) is 0 Å². The third-order valence-electron chi connectivity index (χ3n) is 1.61. The number of alkyl halides is 2. The molecule has 82 valence electrons. The highest BCUT2D eigenvalue weighted by Crippen LogP contribution is 2.10. The van der Waals surface area contributed by atoms with Gasteiger partial charge < -0.3 is 9.84 Å². The summed E-state index contributed by atoms with van der Waals surface area (Å²) in [6.45, 7) is -1.92. The fraction of sp³-hybridized carbons (Fsp3) is 0.333. The third kappa shape index (κ3) is 3.16. The van der Waals surface area contributed by atoms with Gasteiger partial charge in [-0.05, 0) is 6.07 Å². The molecule has 1 rings (SSSR count). The SMILES string of the molecule is O=C(O)c1ccc(OC(CF)CF)nc1. The van der Waals surface area contributed by atoms with E-state index >= 15 is 0 Å². The molecule has 0 radical (unpaired) electrons. The van der Waals surface area contributed by atoms with Gasteiger partial charge in [0.25, 0.3) is 0 Å². The average Bonchev–Trinajstić information content (AvgIpc) is 2.26. The second-order valence-electron chi connectivity index (χ2n) is 2.74. The van der Waals surface area contributed by atoms with Crippen LogP contribution in [0.25, 0.3) is 0 Å². The van der Waals surface area contributed by atoms with Crippen LogP contribution in [-0.4, -0.2) is 35.5 Å². The number of ether oxygens (including phenoxy) is 1. The number of nitrogens with zero attached hydrogens (tertiary/aromatic N) is 1. The van der Waals surface area contributed by atoms with Crippen molar-refractivity contribution in [3.05, 3.63) is 23.9 Å². The van der Waals surface area contributed by atoms with Crippen molar-refractivity contribution < 1.29 is 23.4 Å². The van der Waals surface area contributed by atoms with E-state index < -0.39 is 25.4 Å². The highest BCUT2D eigenvalue weighted by molar-refractivity contribution is 5.87.